The summed E-state index contributed by atoms with van der Waals surface area (Å²) in [6.45, 7) is 4.75. The quantitative estimate of drug-likeness (QED) is 0.150. The molecule has 0 atom stereocenters. The number of pyridine rings is 3. The number of fused-ring (bicyclic) bond motifs is 6. The second-order valence-corrected chi connectivity index (χ2v) is 9.07. The molecule has 0 spiro atoms. The zero-order valence-corrected chi connectivity index (χ0v) is 23.2. The first-order valence-electron chi connectivity index (χ1n) is 13.0. The Morgan fingerprint density at radius 3 is 0.762 bits per heavy atom. The number of hydrogen-bond donors (Lipinski definition) is 0. The normalized spacial score (nSPS) is 11.6. The van der Waals surface area contributed by atoms with Crippen LogP contribution in [-0.4, -0.2) is 15.0 Å². The first kappa shape index (κ1) is 28.1. The summed E-state index contributed by atoms with van der Waals surface area (Å²) in [5.74, 6) is 4.54. The standard InChI is InChI=1S/C33H24N6.CN.Cu/c1-4-13-25(14-5-1)37-28-19-10-21-30(34-28)38(26-15-6-2-7-16-26)32-23-12-24-33(36-32)39(27-17-8-3-9-18-27)31-22-11-20-29(37)35-31;1-2;/h1-24H;;/q;-1;+1. The fourth-order valence-corrected chi connectivity index (χ4v) is 4.86. The maximum Gasteiger partial charge on any atom is 1.00 e. The van der Waals surface area contributed by atoms with E-state index in [1.807, 2.05) is 109 Å². The second-order valence-electron chi connectivity index (χ2n) is 9.07. The third kappa shape index (κ3) is 5.43. The number of aromatic nitrogens is 3. The molecular weight excluding hydrogens is 570 g/mol. The molecule has 6 aromatic rings. The van der Waals surface area contributed by atoms with Gasteiger partial charge in [-0.15, -0.1) is 0 Å². The number of benzene rings is 3. The van der Waals surface area contributed by atoms with Crippen LogP contribution in [0.5, 0.6) is 0 Å². The molecule has 7 rings (SSSR count). The minimum absolute atomic E-state index is 0. The van der Waals surface area contributed by atoms with Crippen molar-refractivity contribution in [2.24, 2.45) is 0 Å². The average molecular weight is 594 g/mol. The number of nitrogens with zero attached hydrogens (tertiary/aromatic N) is 7. The molecule has 0 unspecified atom stereocenters. The van der Waals surface area contributed by atoms with Crippen molar-refractivity contribution in [3.8, 4) is 0 Å². The zero-order valence-electron chi connectivity index (χ0n) is 22.3. The van der Waals surface area contributed by atoms with Gasteiger partial charge in [0, 0.05) is 17.1 Å². The summed E-state index contributed by atoms with van der Waals surface area (Å²) in [5.41, 5.74) is 2.91. The van der Waals surface area contributed by atoms with E-state index in [0.717, 1.165) is 52.0 Å². The maximum absolute atomic E-state index is 6.25. The summed E-state index contributed by atoms with van der Waals surface area (Å²) in [4.78, 5) is 21.7. The topological polar surface area (TPSA) is 72.2 Å². The minimum Gasteiger partial charge on any atom is -0.512 e. The van der Waals surface area contributed by atoms with Crippen molar-refractivity contribution in [2.45, 2.75) is 0 Å². The monoisotopic (exact) mass is 593 g/mol. The van der Waals surface area contributed by atoms with Gasteiger partial charge in [0.25, 0.3) is 0 Å². The van der Waals surface area contributed by atoms with Crippen LogP contribution >= 0.6 is 0 Å². The number of hydrogen-bond acceptors (Lipinski definition) is 7. The van der Waals surface area contributed by atoms with Gasteiger partial charge in [0.1, 0.15) is 34.9 Å². The molecule has 3 aromatic heterocycles. The van der Waals surface area contributed by atoms with E-state index in [4.69, 9.17) is 26.8 Å². The van der Waals surface area contributed by atoms with Gasteiger partial charge in [0.05, 0.1) is 0 Å². The van der Waals surface area contributed by atoms with Crippen LogP contribution in [0.2, 0.25) is 0 Å². The first-order chi connectivity index (χ1) is 20.3. The van der Waals surface area contributed by atoms with Crippen LogP contribution in [0.3, 0.4) is 0 Å². The minimum atomic E-state index is 0. The van der Waals surface area contributed by atoms with Crippen molar-refractivity contribution in [3.63, 3.8) is 0 Å². The van der Waals surface area contributed by atoms with Crippen LogP contribution in [-0.2, 0) is 17.1 Å². The van der Waals surface area contributed by atoms with Crippen LogP contribution in [0, 0.1) is 11.8 Å². The van der Waals surface area contributed by atoms with Crippen molar-refractivity contribution in [1.82, 2.24) is 15.0 Å². The van der Waals surface area contributed by atoms with Crippen molar-refractivity contribution < 1.29 is 17.1 Å². The molecule has 7 nitrogen and oxygen atoms in total. The van der Waals surface area contributed by atoms with Gasteiger partial charge in [-0.25, -0.2) is 15.0 Å². The molecule has 42 heavy (non-hydrogen) atoms. The molecule has 0 fully saturated rings. The van der Waals surface area contributed by atoms with Gasteiger partial charge in [-0.2, -0.15) is 0 Å². The SMILES string of the molecule is [C-]#N.[Cu+].c1ccc(N2c3cccc(n3)N(c3ccccc3)c3cccc(n3)N(c3ccccc3)c3cccc2n3)cc1. The van der Waals surface area contributed by atoms with Gasteiger partial charge in [-0.1, -0.05) is 72.8 Å². The van der Waals surface area contributed by atoms with Crippen LogP contribution in [0.15, 0.2) is 146 Å². The molecular formula is C34H24CuN7. The molecule has 0 saturated carbocycles. The van der Waals surface area contributed by atoms with Gasteiger partial charge in [-0.3, -0.25) is 14.7 Å². The molecule has 3 aromatic carbocycles. The maximum atomic E-state index is 6.25. The van der Waals surface area contributed by atoms with E-state index in [-0.39, 0.29) is 17.1 Å². The Labute approximate surface area is 255 Å². The summed E-state index contributed by atoms with van der Waals surface area (Å²) in [5, 5.41) is 6.25. The Morgan fingerprint density at radius 1 is 0.333 bits per heavy atom. The Balaban J connectivity index is 0.00000115. The van der Waals surface area contributed by atoms with Gasteiger partial charge >= 0.3 is 17.1 Å². The number of para-hydroxylation sites is 3. The number of anilines is 9. The Kier molecular flexibility index (Phi) is 8.55. The van der Waals surface area contributed by atoms with Gasteiger partial charge in [-0.05, 0) is 72.8 Å². The Hall–Kier alpha value is -5.48. The molecule has 0 radical (unpaired) electrons. The van der Waals surface area contributed by atoms with Gasteiger partial charge < -0.3 is 11.8 Å². The Bertz CT molecular complexity index is 1520. The molecule has 0 saturated heterocycles. The molecule has 6 bridgehead atoms. The van der Waals surface area contributed by atoms with Crippen LogP contribution in [0.4, 0.5) is 52.0 Å². The smallest absolute Gasteiger partial charge is 0.512 e. The predicted molar refractivity (Wildman–Crippen MR) is 162 cm³/mol. The summed E-state index contributed by atoms with van der Waals surface area (Å²) in [7, 11) is 0. The molecule has 1 aliphatic heterocycles. The van der Waals surface area contributed by atoms with E-state index < -0.39 is 0 Å². The molecule has 0 amide bonds. The van der Waals surface area contributed by atoms with E-state index in [0.29, 0.717) is 0 Å². The average Bonchev–Trinajstić information content (AvgIpc) is 3.04. The van der Waals surface area contributed by atoms with E-state index >= 15 is 0 Å². The van der Waals surface area contributed by atoms with Crippen LogP contribution in [0.25, 0.3) is 0 Å². The van der Waals surface area contributed by atoms with Crippen molar-refractivity contribution in [3.05, 3.63) is 152 Å². The molecule has 0 aliphatic carbocycles. The Morgan fingerprint density at radius 2 is 0.548 bits per heavy atom. The summed E-state index contributed by atoms with van der Waals surface area (Å²) in [6, 6.07) is 48.8. The molecule has 206 valence electrons. The van der Waals surface area contributed by atoms with Gasteiger partial charge in [0.15, 0.2) is 0 Å². The van der Waals surface area contributed by atoms with Crippen molar-refractivity contribution in [1.29, 1.82) is 5.26 Å². The van der Waals surface area contributed by atoms with E-state index in [2.05, 4.69) is 51.1 Å². The second kappa shape index (κ2) is 12.8. The largest absolute Gasteiger partial charge is 1.00 e. The van der Waals surface area contributed by atoms with E-state index in [9.17, 15) is 0 Å². The van der Waals surface area contributed by atoms with Crippen molar-refractivity contribution in [2.75, 3.05) is 14.7 Å². The predicted octanol–water partition coefficient (Wildman–Crippen LogP) is 8.69. The van der Waals surface area contributed by atoms with E-state index in [1.165, 1.54) is 0 Å². The van der Waals surface area contributed by atoms with Crippen molar-refractivity contribution >= 4 is 52.0 Å². The van der Waals surface area contributed by atoms with Gasteiger partial charge in [0.2, 0.25) is 0 Å². The van der Waals surface area contributed by atoms with Crippen LogP contribution < -0.4 is 14.7 Å². The molecule has 4 heterocycles. The van der Waals surface area contributed by atoms with E-state index in [1.54, 1.807) is 0 Å². The molecule has 8 heteroatoms. The fourth-order valence-electron chi connectivity index (χ4n) is 4.86. The molecule has 1 aliphatic rings. The summed E-state index contributed by atoms with van der Waals surface area (Å²) >= 11 is 0. The number of rotatable bonds is 3. The molecule has 0 N–H and O–H groups in total. The van der Waals surface area contributed by atoms with Crippen LogP contribution in [0.1, 0.15) is 0 Å². The third-order valence-electron chi connectivity index (χ3n) is 6.58. The third-order valence-corrected chi connectivity index (χ3v) is 6.58. The zero-order chi connectivity index (χ0) is 28.0. The summed E-state index contributed by atoms with van der Waals surface area (Å²) < 4.78 is 0. The summed E-state index contributed by atoms with van der Waals surface area (Å²) in [6.07, 6.45) is 0. The first-order valence-corrected chi connectivity index (χ1v) is 13.0. The fraction of sp³-hybridized carbons (Fsp3) is 0.